The Bertz CT molecular complexity index is 720. The lowest BCUT2D eigenvalue weighted by atomic mass is 9.97. The summed E-state index contributed by atoms with van der Waals surface area (Å²) in [5.41, 5.74) is 0.141. The minimum absolute atomic E-state index is 0.0849. The number of nitrogens with one attached hydrogen (secondary N) is 1. The lowest BCUT2D eigenvalue weighted by molar-refractivity contribution is -0.179. The Labute approximate surface area is 123 Å². The SMILES string of the molecule is COC(=O)c1ccc2[nH]cc(C(C(=O)OC)C(F)(F)F)c2c1. The molecule has 2 aromatic rings. The number of hydrogen-bond acceptors (Lipinski definition) is 4. The molecule has 1 aromatic heterocycles. The van der Waals surface area contributed by atoms with Gasteiger partial charge in [0.1, 0.15) is 0 Å². The third kappa shape index (κ3) is 2.76. The average Bonchev–Trinajstić information content (AvgIpc) is 2.87. The van der Waals surface area contributed by atoms with Crippen molar-refractivity contribution in [1.29, 1.82) is 0 Å². The highest BCUT2D eigenvalue weighted by Crippen LogP contribution is 2.39. The van der Waals surface area contributed by atoms with E-state index in [4.69, 9.17) is 0 Å². The average molecular weight is 315 g/mol. The number of fused-ring (bicyclic) bond motifs is 1. The van der Waals surface area contributed by atoms with Crippen LogP contribution in [0.2, 0.25) is 0 Å². The molecule has 0 aliphatic heterocycles. The van der Waals surface area contributed by atoms with Gasteiger partial charge >= 0.3 is 18.1 Å². The molecule has 118 valence electrons. The highest BCUT2D eigenvalue weighted by atomic mass is 19.4. The van der Waals surface area contributed by atoms with Gasteiger partial charge in [0.05, 0.1) is 19.8 Å². The lowest BCUT2D eigenvalue weighted by Gasteiger charge is -2.17. The van der Waals surface area contributed by atoms with Crippen LogP contribution in [0.25, 0.3) is 10.9 Å². The maximum Gasteiger partial charge on any atom is 0.406 e. The van der Waals surface area contributed by atoms with Crippen molar-refractivity contribution >= 4 is 22.8 Å². The zero-order valence-corrected chi connectivity index (χ0v) is 11.7. The number of alkyl halides is 3. The minimum Gasteiger partial charge on any atom is -0.468 e. The van der Waals surface area contributed by atoms with Crippen LogP contribution in [0.4, 0.5) is 13.2 Å². The van der Waals surface area contributed by atoms with Gasteiger partial charge in [0.15, 0.2) is 5.92 Å². The fourth-order valence-corrected chi connectivity index (χ4v) is 2.18. The van der Waals surface area contributed by atoms with E-state index in [0.29, 0.717) is 5.52 Å². The Kier molecular flexibility index (Phi) is 4.11. The minimum atomic E-state index is -4.82. The molecule has 0 amide bonds. The molecule has 1 aromatic carbocycles. The van der Waals surface area contributed by atoms with E-state index in [2.05, 4.69) is 14.5 Å². The van der Waals surface area contributed by atoms with Crippen molar-refractivity contribution in [3.63, 3.8) is 0 Å². The van der Waals surface area contributed by atoms with Crippen molar-refractivity contribution in [2.24, 2.45) is 0 Å². The molecule has 1 unspecified atom stereocenters. The normalized spacial score (nSPS) is 13.0. The summed E-state index contributed by atoms with van der Waals surface area (Å²) in [5, 5.41) is 0.107. The number of methoxy groups -OCH3 is 2. The van der Waals surface area contributed by atoms with Crippen molar-refractivity contribution < 1.29 is 32.2 Å². The number of carbonyl (C=O) groups is 2. The first-order chi connectivity index (χ1) is 10.3. The van der Waals surface area contributed by atoms with Crippen LogP contribution in [0.5, 0.6) is 0 Å². The molecule has 0 aliphatic rings. The highest BCUT2D eigenvalue weighted by molar-refractivity contribution is 5.97. The number of aromatic amines is 1. The summed E-state index contributed by atoms with van der Waals surface area (Å²) in [6, 6.07) is 4.10. The van der Waals surface area contributed by atoms with Gasteiger partial charge in [0.2, 0.25) is 0 Å². The van der Waals surface area contributed by atoms with Crippen molar-refractivity contribution in [2.75, 3.05) is 14.2 Å². The predicted octanol–water partition coefficient (Wildman–Crippen LogP) is 2.77. The highest BCUT2D eigenvalue weighted by Gasteiger charge is 2.48. The molecular weight excluding hydrogens is 303 g/mol. The molecular formula is C14H12F3NO4. The molecule has 0 spiro atoms. The van der Waals surface area contributed by atoms with Crippen LogP contribution >= 0.6 is 0 Å². The number of rotatable bonds is 3. The maximum absolute atomic E-state index is 13.2. The number of benzene rings is 1. The van der Waals surface area contributed by atoms with Gasteiger partial charge in [0.25, 0.3) is 0 Å². The first-order valence-electron chi connectivity index (χ1n) is 6.13. The largest absolute Gasteiger partial charge is 0.468 e. The summed E-state index contributed by atoms with van der Waals surface area (Å²) < 4.78 is 48.3. The quantitative estimate of drug-likeness (QED) is 0.884. The van der Waals surface area contributed by atoms with E-state index in [1.54, 1.807) is 0 Å². The molecule has 0 aliphatic carbocycles. The Morgan fingerprint density at radius 2 is 1.86 bits per heavy atom. The zero-order valence-electron chi connectivity index (χ0n) is 11.7. The summed E-state index contributed by atoms with van der Waals surface area (Å²) in [6.07, 6.45) is -3.73. The van der Waals surface area contributed by atoms with E-state index >= 15 is 0 Å². The number of H-pyrrole nitrogens is 1. The van der Waals surface area contributed by atoms with E-state index in [1.807, 2.05) is 0 Å². The van der Waals surface area contributed by atoms with Gasteiger partial charge in [-0.25, -0.2) is 4.79 Å². The van der Waals surface area contributed by atoms with Crippen LogP contribution in [-0.2, 0) is 14.3 Å². The molecule has 1 N–H and O–H groups in total. The third-order valence-electron chi connectivity index (χ3n) is 3.21. The monoisotopic (exact) mass is 315 g/mol. The first-order valence-corrected chi connectivity index (χ1v) is 6.13. The smallest absolute Gasteiger partial charge is 0.406 e. The van der Waals surface area contributed by atoms with Gasteiger partial charge in [-0.2, -0.15) is 13.2 Å². The predicted molar refractivity (Wildman–Crippen MR) is 70.5 cm³/mol. The molecule has 22 heavy (non-hydrogen) atoms. The summed E-state index contributed by atoms with van der Waals surface area (Å²) in [5.74, 6) is -4.54. The molecule has 0 radical (unpaired) electrons. The lowest BCUT2D eigenvalue weighted by Crippen LogP contribution is -2.29. The van der Waals surface area contributed by atoms with Crippen LogP contribution in [0.1, 0.15) is 21.8 Å². The van der Waals surface area contributed by atoms with Crippen LogP contribution < -0.4 is 0 Å². The van der Waals surface area contributed by atoms with Crippen LogP contribution in [0.3, 0.4) is 0 Å². The number of carbonyl (C=O) groups excluding carboxylic acids is 2. The molecule has 2 rings (SSSR count). The molecule has 8 heteroatoms. The molecule has 0 bridgehead atoms. The molecule has 1 atom stereocenters. The van der Waals surface area contributed by atoms with Gasteiger partial charge < -0.3 is 14.5 Å². The first kappa shape index (κ1) is 15.9. The Balaban J connectivity index is 2.63. The van der Waals surface area contributed by atoms with Crippen molar-refractivity contribution in [1.82, 2.24) is 4.98 Å². The van der Waals surface area contributed by atoms with E-state index in [1.165, 1.54) is 18.2 Å². The molecule has 1 heterocycles. The second-order valence-electron chi connectivity index (χ2n) is 4.49. The van der Waals surface area contributed by atoms with Gasteiger partial charge in [-0.3, -0.25) is 4.79 Å². The van der Waals surface area contributed by atoms with E-state index < -0.39 is 24.0 Å². The van der Waals surface area contributed by atoms with Crippen molar-refractivity contribution in [2.45, 2.75) is 12.1 Å². The molecule has 0 saturated heterocycles. The number of esters is 2. The number of hydrogen-bond donors (Lipinski definition) is 1. The fraction of sp³-hybridized carbons (Fsp3) is 0.286. The summed E-state index contributed by atoms with van der Waals surface area (Å²) in [6.45, 7) is 0. The zero-order chi connectivity index (χ0) is 16.5. The van der Waals surface area contributed by atoms with E-state index in [-0.39, 0.29) is 16.5 Å². The second kappa shape index (κ2) is 5.70. The van der Waals surface area contributed by atoms with Gasteiger partial charge in [-0.05, 0) is 18.2 Å². The third-order valence-corrected chi connectivity index (χ3v) is 3.21. The summed E-state index contributed by atoms with van der Waals surface area (Å²) in [7, 11) is 2.05. The summed E-state index contributed by atoms with van der Waals surface area (Å²) in [4.78, 5) is 25.7. The topological polar surface area (TPSA) is 68.4 Å². The number of aromatic nitrogens is 1. The Hall–Kier alpha value is -2.51. The number of halogens is 3. The maximum atomic E-state index is 13.2. The van der Waals surface area contributed by atoms with E-state index in [9.17, 15) is 22.8 Å². The molecule has 5 nitrogen and oxygen atoms in total. The summed E-state index contributed by atoms with van der Waals surface area (Å²) >= 11 is 0. The molecule has 0 fully saturated rings. The van der Waals surface area contributed by atoms with Crippen LogP contribution in [0.15, 0.2) is 24.4 Å². The van der Waals surface area contributed by atoms with Crippen LogP contribution in [0, 0.1) is 0 Å². The Morgan fingerprint density at radius 3 is 2.41 bits per heavy atom. The standard InChI is InChI=1S/C14H12F3NO4/c1-21-12(19)7-3-4-10-8(5-7)9(6-18-10)11(13(20)22-2)14(15,16)17/h3-6,11,18H,1-2H3. The second-order valence-corrected chi connectivity index (χ2v) is 4.49. The van der Waals surface area contributed by atoms with Gasteiger partial charge in [-0.15, -0.1) is 0 Å². The number of ether oxygens (including phenoxy) is 2. The molecule has 0 saturated carbocycles. The van der Waals surface area contributed by atoms with Crippen molar-refractivity contribution in [3.05, 3.63) is 35.5 Å². The van der Waals surface area contributed by atoms with Gasteiger partial charge in [-0.1, -0.05) is 0 Å². The van der Waals surface area contributed by atoms with Gasteiger partial charge in [0, 0.05) is 22.7 Å². The fourth-order valence-electron chi connectivity index (χ4n) is 2.18. The van der Waals surface area contributed by atoms with Crippen LogP contribution in [-0.4, -0.2) is 37.3 Å². The van der Waals surface area contributed by atoms with Crippen molar-refractivity contribution in [3.8, 4) is 0 Å². The van der Waals surface area contributed by atoms with E-state index in [0.717, 1.165) is 20.4 Å². The Morgan fingerprint density at radius 1 is 1.18 bits per heavy atom.